The second-order valence-corrected chi connectivity index (χ2v) is 5.33. The summed E-state index contributed by atoms with van der Waals surface area (Å²) in [6.07, 6.45) is 0.650. The first kappa shape index (κ1) is 15.5. The standard InChI is InChI=1S/C16H15BrFNO2/c17-10-12(8-11-4-2-1-3-5-11)19-16(21)14-7-6-13(20)9-15(14)18/h1-7,9,12,20H,8,10H2,(H,19,21). The molecule has 21 heavy (non-hydrogen) atoms. The van der Waals surface area contributed by atoms with Crippen molar-refractivity contribution in [1.82, 2.24) is 5.32 Å². The number of rotatable bonds is 5. The van der Waals surface area contributed by atoms with Crippen molar-refractivity contribution >= 4 is 21.8 Å². The molecule has 3 nitrogen and oxygen atoms in total. The van der Waals surface area contributed by atoms with Gasteiger partial charge in [0.25, 0.3) is 5.91 Å². The molecule has 0 aromatic heterocycles. The molecule has 2 N–H and O–H groups in total. The molecule has 2 rings (SSSR count). The third-order valence-electron chi connectivity index (χ3n) is 3.04. The van der Waals surface area contributed by atoms with Crippen LogP contribution in [0.2, 0.25) is 0 Å². The molecule has 0 spiro atoms. The Morgan fingerprint density at radius 3 is 2.57 bits per heavy atom. The van der Waals surface area contributed by atoms with Crippen LogP contribution in [0.4, 0.5) is 4.39 Å². The van der Waals surface area contributed by atoms with Crippen LogP contribution in [0.5, 0.6) is 5.75 Å². The van der Waals surface area contributed by atoms with Crippen molar-refractivity contribution in [2.75, 3.05) is 5.33 Å². The lowest BCUT2D eigenvalue weighted by atomic mass is 10.1. The van der Waals surface area contributed by atoms with Gasteiger partial charge >= 0.3 is 0 Å². The summed E-state index contributed by atoms with van der Waals surface area (Å²) in [4.78, 5) is 12.1. The number of benzene rings is 2. The van der Waals surface area contributed by atoms with Crippen molar-refractivity contribution < 1.29 is 14.3 Å². The van der Waals surface area contributed by atoms with Crippen molar-refractivity contribution in [2.45, 2.75) is 12.5 Å². The van der Waals surface area contributed by atoms with Crippen molar-refractivity contribution in [3.05, 3.63) is 65.5 Å². The van der Waals surface area contributed by atoms with Crippen molar-refractivity contribution in [2.24, 2.45) is 0 Å². The van der Waals surface area contributed by atoms with E-state index in [4.69, 9.17) is 5.11 Å². The minimum Gasteiger partial charge on any atom is -0.508 e. The van der Waals surface area contributed by atoms with Gasteiger partial charge < -0.3 is 10.4 Å². The van der Waals surface area contributed by atoms with Crippen LogP contribution in [0.1, 0.15) is 15.9 Å². The second kappa shape index (κ2) is 7.22. The molecule has 2 aromatic carbocycles. The fourth-order valence-corrected chi connectivity index (χ4v) is 2.38. The molecule has 0 aliphatic rings. The maximum absolute atomic E-state index is 13.6. The normalized spacial score (nSPS) is 11.9. The SMILES string of the molecule is O=C(NC(CBr)Cc1ccccc1)c1ccc(O)cc1F. The molecular weight excluding hydrogens is 337 g/mol. The van der Waals surface area contributed by atoms with E-state index in [1.54, 1.807) is 0 Å². The Labute approximate surface area is 130 Å². The summed E-state index contributed by atoms with van der Waals surface area (Å²) in [6.45, 7) is 0. The van der Waals surface area contributed by atoms with Gasteiger partial charge in [0.1, 0.15) is 11.6 Å². The van der Waals surface area contributed by atoms with Gasteiger partial charge in [0.2, 0.25) is 0 Å². The minimum absolute atomic E-state index is 0.0770. The van der Waals surface area contributed by atoms with Gasteiger partial charge in [0.15, 0.2) is 0 Å². The molecule has 0 aliphatic carbocycles. The van der Waals surface area contributed by atoms with E-state index in [0.717, 1.165) is 11.6 Å². The van der Waals surface area contributed by atoms with Gasteiger partial charge in [-0.15, -0.1) is 0 Å². The molecule has 1 atom stereocenters. The lowest BCUT2D eigenvalue weighted by molar-refractivity contribution is 0.0937. The Morgan fingerprint density at radius 1 is 1.24 bits per heavy atom. The van der Waals surface area contributed by atoms with E-state index in [1.165, 1.54) is 12.1 Å². The number of phenolic OH excluding ortho intramolecular Hbond substituents is 1. The number of nitrogens with one attached hydrogen (secondary N) is 1. The highest BCUT2D eigenvalue weighted by molar-refractivity contribution is 9.09. The van der Waals surface area contributed by atoms with Crippen LogP contribution in [-0.4, -0.2) is 22.4 Å². The van der Waals surface area contributed by atoms with E-state index in [2.05, 4.69) is 21.2 Å². The highest BCUT2D eigenvalue weighted by atomic mass is 79.9. The first-order valence-corrected chi connectivity index (χ1v) is 7.61. The number of hydrogen-bond acceptors (Lipinski definition) is 2. The molecule has 0 saturated heterocycles. The van der Waals surface area contributed by atoms with Crippen LogP contribution in [0.25, 0.3) is 0 Å². The van der Waals surface area contributed by atoms with Gasteiger partial charge in [-0.3, -0.25) is 4.79 Å². The zero-order chi connectivity index (χ0) is 15.2. The fourth-order valence-electron chi connectivity index (χ4n) is 1.99. The Bertz CT molecular complexity index is 619. The predicted octanol–water partition coefficient (Wildman–Crippen LogP) is 3.27. The Balaban J connectivity index is 2.06. The predicted molar refractivity (Wildman–Crippen MR) is 83.3 cm³/mol. The highest BCUT2D eigenvalue weighted by Gasteiger charge is 2.16. The largest absolute Gasteiger partial charge is 0.508 e. The first-order valence-electron chi connectivity index (χ1n) is 6.49. The summed E-state index contributed by atoms with van der Waals surface area (Å²) in [6, 6.07) is 13.1. The molecule has 1 amide bonds. The van der Waals surface area contributed by atoms with E-state index in [-0.39, 0.29) is 17.4 Å². The van der Waals surface area contributed by atoms with Crippen molar-refractivity contribution in [3.63, 3.8) is 0 Å². The summed E-state index contributed by atoms with van der Waals surface area (Å²) in [5.74, 6) is -1.43. The maximum Gasteiger partial charge on any atom is 0.254 e. The van der Waals surface area contributed by atoms with Gasteiger partial charge in [-0.05, 0) is 24.1 Å². The van der Waals surface area contributed by atoms with Crippen LogP contribution in [0, 0.1) is 5.82 Å². The summed E-state index contributed by atoms with van der Waals surface area (Å²) < 4.78 is 13.6. The van der Waals surface area contributed by atoms with Gasteiger partial charge in [-0.1, -0.05) is 46.3 Å². The number of carbonyl (C=O) groups excluding carboxylic acids is 1. The number of halogens is 2. The van der Waals surface area contributed by atoms with Gasteiger partial charge in [0.05, 0.1) is 5.56 Å². The smallest absolute Gasteiger partial charge is 0.254 e. The molecule has 0 fully saturated rings. The zero-order valence-corrected chi connectivity index (χ0v) is 12.8. The molecule has 0 radical (unpaired) electrons. The molecule has 110 valence electrons. The average molecular weight is 352 g/mol. The minimum atomic E-state index is -0.736. The van der Waals surface area contributed by atoms with Crippen LogP contribution >= 0.6 is 15.9 Å². The monoisotopic (exact) mass is 351 g/mol. The first-order chi connectivity index (χ1) is 10.1. The van der Waals surface area contributed by atoms with Gasteiger partial charge in [0, 0.05) is 17.4 Å². The number of amides is 1. The molecule has 0 bridgehead atoms. The topological polar surface area (TPSA) is 49.3 Å². The van der Waals surface area contributed by atoms with Crippen LogP contribution < -0.4 is 5.32 Å². The highest BCUT2D eigenvalue weighted by Crippen LogP contribution is 2.15. The Kier molecular flexibility index (Phi) is 5.33. The molecule has 1 unspecified atom stereocenters. The van der Waals surface area contributed by atoms with Crippen LogP contribution in [-0.2, 0) is 6.42 Å². The molecule has 2 aromatic rings. The number of hydrogen-bond donors (Lipinski definition) is 2. The molecular formula is C16H15BrFNO2. The lowest BCUT2D eigenvalue weighted by Gasteiger charge is -2.16. The van der Waals surface area contributed by atoms with Gasteiger partial charge in [-0.25, -0.2) is 4.39 Å². The molecule has 0 aliphatic heterocycles. The summed E-state index contributed by atoms with van der Waals surface area (Å²) in [5.41, 5.74) is 1.01. The Morgan fingerprint density at radius 2 is 1.95 bits per heavy atom. The quantitative estimate of drug-likeness (QED) is 0.812. The Hall–Kier alpha value is -1.88. The van der Waals surface area contributed by atoms with Gasteiger partial charge in [-0.2, -0.15) is 0 Å². The summed E-state index contributed by atoms with van der Waals surface area (Å²) in [7, 11) is 0. The van der Waals surface area contributed by atoms with Crippen molar-refractivity contribution in [1.29, 1.82) is 0 Å². The third-order valence-corrected chi connectivity index (χ3v) is 3.83. The maximum atomic E-state index is 13.6. The fraction of sp³-hybridized carbons (Fsp3) is 0.188. The van der Waals surface area contributed by atoms with Crippen LogP contribution in [0.15, 0.2) is 48.5 Å². The lowest BCUT2D eigenvalue weighted by Crippen LogP contribution is -2.38. The third kappa shape index (κ3) is 4.29. The number of carbonyl (C=O) groups is 1. The van der Waals surface area contributed by atoms with Crippen LogP contribution in [0.3, 0.4) is 0 Å². The van der Waals surface area contributed by atoms with E-state index in [9.17, 15) is 9.18 Å². The second-order valence-electron chi connectivity index (χ2n) is 4.68. The van der Waals surface area contributed by atoms with E-state index >= 15 is 0 Å². The molecule has 0 heterocycles. The molecule has 0 saturated carbocycles. The van der Waals surface area contributed by atoms with E-state index < -0.39 is 11.7 Å². The van der Waals surface area contributed by atoms with Crippen molar-refractivity contribution in [3.8, 4) is 5.75 Å². The number of aromatic hydroxyl groups is 1. The molecule has 5 heteroatoms. The zero-order valence-electron chi connectivity index (χ0n) is 11.2. The van der Waals surface area contributed by atoms with E-state index in [0.29, 0.717) is 11.8 Å². The average Bonchev–Trinajstić information content (AvgIpc) is 2.47. The number of phenols is 1. The number of alkyl halides is 1. The summed E-state index contributed by atoms with van der Waals surface area (Å²) in [5, 5.41) is 12.5. The summed E-state index contributed by atoms with van der Waals surface area (Å²) >= 11 is 3.36. The van der Waals surface area contributed by atoms with E-state index in [1.807, 2.05) is 30.3 Å².